The van der Waals surface area contributed by atoms with Crippen LogP contribution in [0.15, 0.2) is 0 Å². The zero-order valence-electron chi connectivity index (χ0n) is 9.89. The molecule has 0 heterocycles. The molecule has 2 aliphatic rings. The summed E-state index contributed by atoms with van der Waals surface area (Å²) in [6.45, 7) is 7.85. The minimum atomic E-state index is -0.240. The Hall–Kier alpha value is -0.860. The van der Waals surface area contributed by atoms with Gasteiger partial charge in [0.2, 0.25) is 5.91 Å². The van der Waals surface area contributed by atoms with Crippen molar-refractivity contribution in [3.05, 3.63) is 0 Å². The first kappa shape index (κ1) is 10.7. The lowest BCUT2D eigenvalue weighted by molar-refractivity contribution is -0.132. The highest BCUT2D eigenvalue weighted by atomic mass is 16.2. The third-order valence-corrected chi connectivity index (χ3v) is 4.89. The maximum atomic E-state index is 12.2. The Morgan fingerprint density at radius 2 is 2.00 bits per heavy atom. The molecule has 0 aromatic heterocycles. The minimum absolute atomic E-state index is 0.0250. The van der Waals surface area contributed by atoms with Gasteiger partial charge in [0.1, 0.15) is 0 Å². The Kier molecular flexibility index (Phi) is 2.01. The molecule has 0 aromatic rings. The largest absolute Gasteiger partial charge is 0.346 e. The van der Waals surface area contributed by atoms with Gasteiger partial charge in [-0.3, -0.25) is 9.59 Å². The van der Waals surface area contributed by atoms with Gasteiger partial charge in [-0.1, -0.05) is 20.8 Å². The van der Waals surface area contributed by atoms with Crippen LogP contribution < -0.4 is 5.32 Å². The molecule has 2 rings (SSSR count). The fraction of sp³-hybridized carbons (Fsp3) is 0.833. The first-order valence-corrected chi connectivity index (χ1v) is 5.62. The molecule has 0 aliphatic heterocycles. The lowest BCUT2D eigenvalue weighted by Gasteiger charge is -2.32. The summed E-state index contributed by atoms with van der Waals surface area (Å²) in [4.78, 5) is 23.3. The summed E-state index contributed by atoms with van der Waals surface area (Å²) in [5, 5.41) is 2.82. The molecule has 2 saturated carbocycles. The van der Waals surface area contributed by atoms with E-state index in [0.29, 0.717) is 5.92 Å². The Morgan fingerprint density at radius 3 is 2.40 bits per heavy atom. The fourth-order valence-electron chi connectivity index (χ4n) is 3.47. The molecule has 1 unspecified atom stereocenters. The molecule has 15 heavy (non-hydrogen) atoms. The average molecular weight is 209 g/mol. The van der Waals surface area contributed by atoms with Crippen molar-refractivity contribution >= 4 is 11.7 Å². The third-order valence-electron chi connectivity index (χ3n) is 4.89. The molecule has 2 bridgehead atoms. The van der Waals surface area contributed by atoms with Gasteiger partial charge in [-0.15, -0.1) is 0 Å². The minimum Gasteiger partial charge on any atom is -0.346 e. The second-order valence-electron chi connectivity index (χ2n) is 5.74. The van der Waals surface area contributed by atoms with Gasteiger partial charge < -0.3 is 5.32 Å². The number of hydrogen-bond donors (Lipinski definition) is 1. The maximum absolute atomic E-state index is 12.2. The van der Waals surface area contributed by atoms with E-state index < -0.39 is 0 Å². The number of fused-ring (bicyclic) bond motifs is 2. The van der Waals surface area contributed by atoms with E-state index in [2.05, 4.69) is 26.1 Å². The van der Waals surface area contributed by atoms with Crippen molar-refractivity contribution in [3.63, 3.8) is 0 Å². The second-order valence-corrected chi connectivity index (χ2v) is 5.74. The van der Waals surface area contributed by atoms with Crippen LogP contribution in [-0.4, -0.2) is 17.7 Å². The van der Waals surface area contributed by atoms with Crippen LogP contribution in [0.4, 0.5) is 0 Å². The van der Waals surface area contributed by atoms with Gasteiger partial charge in [-0.2, -0.15) is 0 Å². The van der Waals surface area contributed by atoms with Crippen LogP contribution in [0.1, 0.15) is 40.5 Å². The van der Waals surface area contributed by atoms with Gasteiger partial charge >= 0.3 is 0 Å². The number of carbonyl (C=O) groups is 2. The van der Waals surface area contributed by atoms with E-state index in [1.165, 1.54) is 6.92 Å². The van der Waals surface area contributed by atoms with Crippen LogP contribution in [0.5, 0.6) is 0 Å². The van der Waals surface area contributed by atoms with Gasteiger partial charge in [0, 0.05) is 12.3 Å². The molecule has 2 aliphatic carbocycles. The van der Waals surface area contributed by atoms with E-state index in [0.717, 1.165) is 12.8 Å². The van der Waals surface area contributed by atoms with Crippen molar-refractivity contribution < 1.29 is 9.59 Å². The summed E-state index contributed by atoms with van der Waals surface area (Å²) in [5.74, 6) is 0.457. The second kappa shape index (κ2) is 2.83. The Labute approximate surface area is 90.6 Å². The SMILES string of the molecule is CC(=O)NC1C(=O)[C@@]2(C)CC[C@@H]1C2(C)C. The van der Waals surface area contributed by atoms with Crippen molar-refractivity contribution in [1.82, 2.24) is 5.32 Å². The van der Waals surface area contributed by atoms with Crippen LogP contribution in [-0.2, 0) is 9.59 Å². The highest BCUT2D eigenvalue weighted by molar-refractivity contribution is 5.96. The lowest BCUT2D eigenvalue weighted by atomic mass is 9.70. The Morgan fingerprint density at radius 1 is 1.40 bits per heavy atom. The zero-order chi connectivity index (χ0) is 11.4. The van der Waals surface area contributed by atoms with E-state index in [1.54, 1.807) is 0 Å². The third kappa shape index (κ3) is 1.12. The zero-order valence-corrected chi connectivity index (χ0v) is 9.89. The maximum Gasteiger partial charge on any atom is 0.217 e. The van der Waals surface area contributed by atoms with Crippen LogP contribution in [0, 0.1) is 16.7 Å². The van der Waals surface area contributed by atoms with Gasteiger partial charge in [-0.25, -0.2) is 0 Å². The highest BCUT2D eigenvalue weighted by Crippen LogP contribution is 2.63. The smallest absolute Gasteiger partial charge is 0.217 e. The van der Waals surface area contributed by atoms with E-state index in [1.807, 2.05) is 0 Å². The monoisotopic (exact) mass is 209 g/mol. The van der Waals surface area contributed by atoms with Crippen molar-refractivity contribution in [2.24, 2.45) is 16.7 Å². The summed E-state index contributed by atoms with van der Waals surface area (Å²) in [6, 6.07) is -0.240. The van der Waals surface area contributed by atoms with E-state index in [4.69, 9.17) is 0 Å². The normalized spacial score (nSPS) is 42.0. The quantitative estimate of drug-likeness (QED) is 0.711. The summed E-state index contributed by atoms with van der Waals surface area (Å²) >= 11 is 0. The van der Waals surface area contributed by atoms with Crippen LogP contribution >= 0.6 is 0 Å². The van der Waals surface area contributed by atoms with Crippen molar-refractivity contribution in [3.8, 4) is 0 Å². The number of rotatable bonds is 1. The van der Waals surface area contributed by atoms with Gasteiger partial charge in [-0.05, 0) is 24.2 Å². The summed E-state index contributed by atoms with van der Waals surface area (Å²) in [7, 11) is 0. The average Bonchev–Trinajstić information content (AvgIpc) is 2.40. The van der Waals surface area contributed by atoms with Crippen molar-refractivity contribution in [2.75, 3.05) is 0 Å². The molecule has 84 valence electrons. The summed E-state index contributed by atoms with van der Waals surface area (Å²) in [6.07, 6.45) is 2.03. The number of ketones is 1. The van der Waals surface area contributed by atoms with Gasteiger partial charge in [0.05, 0.1) is 6.04 Å². The molecule has 0 radical (unpaired) electrons. The molecule has 0 aromatic carbocycles. The lowest BCUT2D eigenvalue weighted by Crippen LogP contribution is -2.45. The van der Waals surface area contributed by atoms with Crippen LogP contribution in [0.25, 0.3) is 0 Å². The number of nitrogens with one attached hydrogen (secondary N) is 1. The van der Waals surface area contributed by atoms with Crippen LogP contribution in [0.2, 0.25) is 0 Å². The summed E-state index contributed by atoms with van der Waals surface area (Å²) < 4.78 is 0. The van der Waals surface area contributed by atoms with Crippen molar-refractivity contribution in [2.45, 2.75) is 46.6 Å². The molecule has 2 fully saturated rings. The van der Waals surface area contributed by atoms with E-state index in [-0.39, 0.29) is 28.6 Å². The van der Waals surface area contributed by atoms with Gasteiger partial charge in [0.15, 0.2) is 5.78 Å². The first-order chi connectivity index (χ1) is 6.80. The predicted molar refractivity (Wildman–Crippen MR) is 57.2 cm³/mol. The molecule has 3 nitrogen and oxygen atoms in total. The molecule has 0 spiro atoms. The number of amides is 1. The van der Waals surface area contributed by atoms with E-state index in [9.17, 15) is 9.59 Å². The Bertz CT molecular complexity index is 335. The van der Waals surface area contributed by atoms with Crippen molar-refractivity contribution in [1.29, 1.82) is 0 Å². The van der Waals surface area contributed by atoms with E-state index >= 15 is 0 Å². The highest BCUT2D eigenvalue weighted by Gasteiger charge is 2.66. The molecule has 3 heteroatoms. The topological polar surface area (TPSA) is 46.2 Å². The number of Topliss-reactive ketones (excluding diaryl/α,β-unsaturated/α-hetero) is 1. The molecule has 0 saturated heterocycles. The number of carbonyl (C=O) groups excluding carboxylic acids is 2. The number of hydrogen-bond acceptors (Lipinski definition) is 2. The fourth-order valence-corrected chi connectivity index (χ4v) is 3.47. The standard InChI is InChI=1S/C12H19NO2/c1-7(14)13-9-8-5-6-12(4,10(9)15)11(8,2)3/h8-9H,5-6H2,1-4H3,(H,13,14)/t8-,9?,12+/m0/s1. The molecule has 1 N–H and O–H groups in total. The predicted octanol–water partition coefficient (Wildman–Crippen LogP) is 1.52. The summed E-state index contributed by atoms with van der Waals surface area (Å²) in [5.41, 5.74) is -0.206. The first-order valence-electron chi connectivity index (χ1n) is 5.62. The molecular weight excluding hydrogens is 190 g/mol. The van der Waals surface area contributed by atoms with Crippen LogP contribution in [0.3, 0.4) is 0 Å². The molecular formula is C12H19NO2. The Balaban J connectivity index is 2.34. The molecule has 3 atom stereocenters. The molecule has 1 amide bonds. The van der Waals surface area contributed by atoms with Gasteiger partial charge in [0.25, 0.3) is 0 Å².